The van der Waals surface area contributed by atoms with Crippen LogP contribution in [0.3, 0.4) is 0 Å². The topological polar surface area (TPSA) is 12.0 Å². The Hall–Kier alpha value is -0.340. The minimum absolute atomic E-state index is 0.737. The van der Waals surface area contributed by atoms with Crippen molar-refractivity contribution in [2.24, 2.45) is 0 Å². The Bertz CT molecular complexity index is 361. The normalized spacial score (nSPS) is 29.8. The standard InChI is InChI=1S/C12H14BrN/c13-10-3-1-2-8-4-5-11-9(12(8)10)6-7-14-11/h1-3,9,11,14H,4-7H2/t9-,11-/m1/s1. The Morgan fingerprint density at radius 1 is 1.29 bits per heavy atom. The van der Waals surface area contributed by atoms with Crippen LogP contribution in [0, 0.1) is 0 Å². The Morgan fingerprint density at radius 3 is 3.14 bits per heavy atom. The number of halogens is 1. The van der Waals surface area contributed by atoms with E-state index in [1.807, 2.05) is 0 Å². The van der Waals surface area contributed by atoms with E-state index in [1.54, 1.807) is 11.1 Å². The second-order valence-corrected chi connectivity index (χ2v) is 5.16. The van der Waals surface area contributed by atoms with Gasteiger partial charge in [0.15, 0.2) is 0 Å². The molecule has 1 aromatic rings. The highest BCUT2D eigenvalue weighted by atomic mass is 79.9. The molecule has 1 fully saturated rings. The van der Waals surface area contributed by atoms with Gasteiger partial charge in [-0.25, -0.2) is 0 Å². The third-order valence-corrected chi connectivity index (χ3v) is 4.28. The van der Waals surface area contributed by atoms with E-state index < -0.39 is 0 Å². The summed E-state index contributed by atoms with van der Waals surface area (Å²) in [5.74, 6) is 0.759. The number of hydrogen-bond donors (Lipinski definition) is 1. The van der Waals surface area contributed by atoms with Gasteiger partial charge in [-0.3, -0.25) is 0 Å². The fraction of sp³-hybridized carbons (Fsp3) is 0.500. The van der Waals surface area contributed by atoms with Gasteiger partial charge in [0.25, 0.3) is 0 Å². The van der Waals surface area contributed by atoms with Crippen LogP contribution in [0.2, 0.25) is 0 Å². The molecule has 0 saturated carbocycles. The lowest BCUT2D eigenvalue weighted by Crippen LogP contribution is -2.30. The lowest BCUT2D eigenvalue weighted by atomic mass is 9.80. The average Bonchev–Trinajstić information content (AvgIpc) is 2.65. The van der Waals surface area contributed by atoms with Crippen molar-refractivity contribution in [2.45, 2.75) is 31.2 Å². The first-order valence-electron chi connectivity index (χ1n) is 5.37. The Morgan fingerprint density at radius 2 is 2.21 bits per heavy atom. The van der Waals surface area contributed by atoms with Gasteiger partial charge in [0.2, 0.25) is 0 Å². The van der Waals surface area contributed by atoms with Crippen molar-refractivity contribution in [1.29, 1.82) is 0 Å². The van der Waals surface area contributed by atoms with E-state index in [4.69, 9.17) is 0 Å². The quantitative estimate of drug-likeness (QED) is 0.748. The van der Waals surface area contributed by atoms with Crippen molar-refractivity contribution in [2.75, 3.05) is 6.54 Å². The summed E-state index contributed by atoms with van der Waals surface area (Å²) in [4.78, 5) is 0. The molecule has 2 atom stereocenters. The monoisotopic (exact) mass is 251 g/mol. The van der Waals surface area contributed by atoms with Crippen molar-refractivity contribution in [1.82, 2.24) is 5.32 Å². The zero-order chi connectivity index (χ0) is 9.54. The second-order valence-electron chi connectivity index (χ2n) is 4.31. The highest BCUT2D eigenvalue weighted by Crippen LogP contribution is 2.40. The van der Waals surface area contributed by atoms with Crippen LogP contribution in [-0.4, -0.2) is 12.6 Å². The maximum Gasteiger partial charge on any atom is 0.0213 e. The minimum Gasteiger partial charge on any atom is -0.313 e. The molecule has 1 saturated heterocycles. The van der Waals surface area contributed by atoms with E-state index >= 15 is 0 Å². The van der Waals surface area contributed by atoms with Gasteiger partial charge >= 0.3 is 0 Å². The number of nitrogens with one attached hydrogen (secondary N) is 1. The van der Waals surface area contributed by atoms with Crippen LogP contribution in [0.1, 0.15) is 29.9 Å². The number of benzene rings is 1. The van der Waals surface area contributed by atoms with Gasteiger partial charge in [-0.05, 0) is 43.0 Å². The maximum atomic E-state index is 3.69. The summed E-state index contributed by atoms with van der Waals surface area (Å²) in [5, 5.41) is 3.61. The SMILES string of the molecule is Brc1cccc2c1[C@@H]1CCN[C@@H]1CC2. The van der Waals surface area contributed by atoms with Gasteiger partial charge in [0, 0.05) is 16.4 Å². The smallest absolute Gasteiger partial charge is 0.0213 e. The molecule has 0 unspecified atom stereocenters. The van der Waals surface area contributed by atoms with E-state index in [-0.39, 0.29) is 0 Å². The lowest BCUT2D eigenvalue weighted by Gasteiger charge is -2.29. The molecular weight excluding hydrogens is 238 g/mol. The van der Waals surface area contributed by atoms with Crippen molar-refractivity contribution in [3.05, 3.63) is 33.8 Å². The van der Waals surface area contributed by atoms with E-state index in [1.165, 1.54) is 30.3 Å². The number of aryl methyl sites for hydroxylation is 1. The van der Waals surface area contributed by atoms with Gasteiger partial charge < -0.3 is 5.32 Å². The molecule has 1 nitrogen and oxygen atoms in total. The summed E-state index contributed by atoms with van der Waals surface area (Å²) < 4.78 is 1.31. The molecule has 2 heteroatoms. The minimum atomic E-state index is 0.737. The van der Waals surface area contributed by atoms with E-state index in [9.17, 15) is 0 Å². The summed E-state index contributed by atoms with van der Waals surface area (Å²) in [6.07, 6.45) is 3.86. The fourth-order valence-corrected chi connectivity index (χ4v) is 3.64. The van der Waals surface area contributed by atoms with E-state index in [0.29, 0.717) is 0 Å². The third-order valence-electron chi connectivity index (χ3n) is 3.59. The highest BCUT2D eigenvalue weighted by molar-refractivity contribution is 9.10. The van der Waals surface area contributed by atoms with Crippen molar-refractivity contribution >= 4 is 15.9 Å². The summed E-state index contributed by atoms with van der Waals surface area (Å²) in [7, 11) is 0. The molecule has 1 aliphatic heterocycles. The van der Waals surface area contributed by atoms with Crippen LogP contribution in [0.5, 0.6) is 0 Å². The molecule has 1 aromatic carbocycles. The highest BCUT2D eigenvalue weighted by Gasteiger charge is 2.33. The molecule has 14 heavy (non-hydrogen) atoms. The number of fused-ring (bicyclic) bond motifs is 3. The Labute approximate surface area is 93.0 Å². The van der Waals surface area contributed by atoms with Gasteiger partial charge in [0.05, 0.1) is 0 Å². The van der Waals surface area contributed by atoms with Crippen LogP contribution in [-0.2, 0) is 6.42 Å². The predicted molar refractivity (Wildman–Crippen MR) is 61.6 cm³/mol. The van der Waals surface area contributed by atoms with E-state index in [2.05, 4.69) is 39.4 Å². The Balaban J connectivity index is 2.11. The zero-order valence-electron chi connectivity index (χ0n) is 8.09. The van der Waals surface area contributed by atoms with Crippen LogP contribution in [0.25, 0.3) is 0 Å². The molecule has 0 bridgehead atoms. The van der Waals surface area contributed by atoms with Gasteiger partial charge in [-0.1, -0.05) is 28.1 Å². The van der Waals surface area contributed by atoms with Gasteiger partial charge in [0.1, 0.15) is 0 Å². The number of rotatable bonds is 0. The van der Waals surface area contributed by atoms with E-state index in [0.717, 1.165) is 12.0 Å². The third kappa shape index (κ3) is 1.24. The molecule has 2 aliphatic rings. The van der Waals surface area contributed by atoms with Crippen LogP contribution >= 0.6 is 15.9 Å². The van der Waals surface area contributed by atoms with Crippen LogP contribution < -0.4 is 5.32 Å². The molecule has 0 radical (unpaired) electrons. The first-order valence-corrected chi connectivity index (χ1v) is 6.16. The summed E-state index contributed by atoms with van der Waals surface area (Å²) in [5.41, 5.74) is 3.14. The summed E-state index contributed by atoms with van der Waals surface area (Å²) in [6, 6.07) is 7.36. The molecule has 1 aliphatic carbocycles. The molecule has 74 valence electrons. The second kappa shape index (κ2) is 3.35. The summed E-state index contributed by atoms with van der Waals surface area (Å²) >= 11 is 3.69. The summed E-state index contributed by atoms with van der Waals surface area (Å²) in [6.45, 7) is 1.19. The molecule has 3 rings (SSSR count). The first-order chi connectivity index (χ1) is 6.86. The Kier molecular flexibility index (Phi) is 2.14. The lowest BCUT2D eigenvalue weighted by molar-refractivity contribution is 0.480. The van der Waals surface area contributed by atoms with Crippen molar-refractivity contribution in [3.8, 4) is 0 Å². The predicted octanol–water partition coefficient (Wildman–Crippen LogP) is 2.84. The van der Waals surface area contributed by atoms with Crippen molar-refractivity contribution < 1.29 is 0 Å². The molecule has 1 N–H and O–H groups in total. The molecule has 0 amide bonds. The largest absolute Gasteiger partial charge is 0.313 e. The van der Waals surface area contributed by atoms with Crippen LogP contribution in [0.4, 0.5) is 0 Å². The van der Waals surface area contributed by atoms with Crippen LogP contribution in [0.15, 0.2) is 22.7 Å². The maximum absolute atomic E-state index is 3.69. The average molecular weight is 252 g/mol. The first kappa shape index (κ1) is 8.93. The van der Waals surface area contributed by atoms with Gasteiger partial charge in [-0.15, -0.1) is 0 Å². The molecule has 1 heterocycles. The van der Waals surface area contributed by atoms with Crippen molar-refractivity contribution in [3.63, 3.8) is 0 Å². The molecule has 0 spiro atoms. The van der Waals surface area contributed by atoms with Gasteiger partial charge in [-0.2, -0.15) is 0 Å². The molecule has 0 aromatic heterocycles. The zero-order valence-corrected chi connectivity index (χ0v) is 9.68. The number of hydrogen-bond acceptors (Lipinski definition) is 1. The fourth-order valence-electron chi connectivity index (χ4n) is 2.94. The molecular formula is C12H14BrN.